The fourth-order valence-electron chi connectivity index (χ4n) is 2.66. The second-order valence-corrected chi connectivity index (χ2v) is 6.81. The normalized spacial score (nSPS) is 10.8. The molecule has 0 spiro atoms. The Morgan fingerprint density at radius 2 is 1.81 bits per heavy atom. The molecule has 3 aromatic rings. The van der Waals surface area contributed by atoms with E-state index in [1.54, 1.807) is 18.2 Å². The zero-order chi connectivity index (χ0) is 19.6. The third-order valence-electron chi connectivity index (χ3n) is 4.27. The third kappa shape index (κ3) is 4.49. The van der Waals surface area contributed by atoms with E-state index in [-0.39, 0.29) is 13.2 Å². The quantitative estimate of drug-likeness (QED) is 0.477. The predicted molar refractivity (Wildman–Crippen MR) is 103 cm³/mol. The number of carbonyl (C=O) groups excluding carboxylic acids is 1. The van der Waals surface area contributed by atoms with Crippen LogP contribution in [-0.2, 0) is 16.1 Å². The number of hydrogen-bond acceptors (Lipinski definition) is 5. The van der Waals surface area contributed by atoms with Gasteiger partial charge in [-0.2, -0.15) is 0 Å². The molecule has 0 N–H and O–H groups in total. The van der Waals surface area contributed by atoms with Crippen molar-refractivity contribution in [1.82, 2.24) is 0 Å². The second kappa shape index (κ2) is 7.84. The molecule has 5 nitrogen and oxygen atoms in total. The molecule has 2 aromatic carbocycles. The maximum absolute atomic E-state index is 12.0. The summed E-state index contributed by atoms with van der Waals surface area (Å²) in [4.78, 5) is 23.8. The van der Waals surface area contributed by atoms with Crippen molar-refractivity contribution in [1.29, 1.82) is 0 Å². The van der Waals surface area contributed by atoms with E-state index in [0.29, 0.717) is 21.9 Å². The Hall–Kier alpha value is -2.79. The first-order valence-corrected chi connectivity index (χ1v) is 8.80. The van der Waals surface area contributed by atoms with Crippen LogP contribution in [0.15, 0.2) is 45.6 Å². The smallest absolute Gasteiger partial charge is 0.344 e. The van der Waals surface area contributed by atoms with Crippen LogP contribution >= 0.6 is 11.6 Å². The van der Waals surface area contributed by atoms with Crippen LogP contribution in [0, 0.1) is 20.8 Å². The number of esters is 1. The Kier molecular flexibility index (Phi) is 5.51. The first-order chi connectivity index (χ1) is 12.8. The average Bonchev–Trinajstić information content (AvgIpc) is 2.62. The predicted octanol–water partition coefficient (Wildman–Crippen LogP) is 4.49. The van der Waals surface area contributed by atoms with E-state index in [0.717, 1.165) is 22.1 Å². The third-order valence-corrected chi connectivity index (χ3v) is 4.58. The highest BCUT2D eigenvalue weighted by Gasteiger charge is 2.12. The van der Waals surface area contributed by atoms with Gasteiger partial charge in [0.2, 0.25) is 0 Å². The molecule has 0 fully saturated rings. The molecule has 0 amide bonds. The van der Waals surface area contributed by atoms with Crippen molar-refractivity contribution >= 4 is 28.5 Å². The molecule has 0 aliphatic heterocycles. The van der Waals surface area contributed by atoms with Gasteiger partial charge in [-0.15, -0.1) is 0 Å². The van der Waals surface area contributed by atoms with Crippen molar-refractivity contribution in [2.75, 3.05) is 6.61 Å². The molecule has 0 bridgehead atoms. The Morgan fingerprint density at radius 3 is 2.59 bits per heavy atom. The fraction of sp³-hybridized carbons (Fsp3) is 0.238. The minimum Gasteiger partial charge on any atom is -0.480 e. The standard InChI is InChI=1S/C21H19ClO5/c1-12-4-5-17(22)19(6-12)25-11-21(24)26-10-15-9-20(23)27-18-8-14(3)13(2)7-16(15)18/h4-9H,10-11H2,1-3H3. The van der Waals surface area contributed by atoms with Crippen LogP contribution in [-0.4, -0.2) is 12.6 Å². The van der Waals surface area contributed by atoms with Gasteiger partial charge in [-0.3, -0.25) is 0 Å². The summed E-state index contributed by atoms with van der Waals surface area (Å²) >= 11 is 6.04. The van der Waals surface area contributed by atoms with Crippen molar-refractivity contribution in [3.8, 4) is 5.75 Å². The minimum absolute atomic E-state index is 0.0473. The summed E-state index contributed by atoms with van der Waals surface area (Å²) in [6, 6.07) is 10.4. The lowest BCUT2D eigenvalue weighted by Crippen LogP contribution is -2.15. The maximum atomic E-state index is 12.0. The van der Waals surface area contributed by atoms with Gasteiger partial charge in [0.1, 0.15) is 17.9 Å². The first-order valence-electron chi connectivity index (χ1n) is 8.42. The number of benzene rings is 2. The van der Waals surface area contributed by atoms with Gasteiger partial charge in [0.25, 0.3) is 0 Å². The molecular weight excluding hydrogens is 368 g/mol. The number of ether oxygens (including phenoxy) is 2. The first kappa shape index (κ1) is 19.0. The monoisotopic (exact) mass is 386 g/mol. The van der Waals surface area contributed by atoms with Crippen LogP contribution in [0.2, 0.25) is 5.02 Å². The SMILES string of the molecule is Cc1ccc(Cl)c(OCC(=O)OCc2cc(=O)oc3cc(C)c(C)cc23)c1. The zero-order valence-corrected chi connectivity index (χ0v) is 16.1. The largest absolute Gasteiger partial charge is 0.480 e. The van der Waals surface area contributed by atoms with Crippen molar-refractivity contribution < 1.29 is 18.7 Å². The number of fused-ring (bicyclic) bond motifs is 1. The summed E-state index contributed by atoms with van der Waals surface area (Å²) in [6.07, 6.45) is 0. The topological polar surface area (TPSA) is 65.7 Å². The van der Waals surface area contributed by atoms with Crippen LogP contribution in [0.1, 0.15) is 22.3 Å². The van der Waals surface area contributed by atoms with Crippen LogP contribution in [0.5, 0.6) is 5.75 Å². The Labute approximate surface area is 161 Å². The Bertz CT molecular complexity index is 1070. The summed E-state index contributed by atoms with van der Waals surface area (Å²) in [7, 11) is 0. The molecule has 0 aliphatic rings. The van der Waals surface area contributed by atoms with E-state index in [1.165, 1.54) is 6.07 Å². The molecular formula is C21H19ClO5. The lowest BCUT2D eigenvalue weighted by Gasteiger charge is -2.11. The molecule has 1 heterocycles. The van der Waals surface area contributed by atoms with Crippen molar-refractivity contribution in [2.45, 2.75) is 27.4 Å². The molecule has 3 rings (SSSR count). The molecule has 0 radical (unpaired) electrons. The van der Waals surface area contributed by atoms with Gasteiger partial charge in [0, 0.05) is 17.0 Å². The lowest BCUT2D eigenvalue weighted by atomic mass is 10.0. The molecule has 0 atom stereocenters. The summed E-state index contributed by atoms with van der Waals surface area (Å²) in [5, 5.41) is 1.17. The van der Waals surface area contributed by atoms with E-state index in [1.807, 2.05) is 32.9 Å². The van der Waals surface area contributed by atoms with E-state index in [2.05, 4.69) is 0 Å². The van der Waals surface area contributed by atoms with Gasteiger partial charge < -0.3 is 13.9 Å². The summed E-state index contributed by atoms with van der Waals surface area (Å²) < 4.78 is 15.9. The Balaban J connectivity index is 1.71. The molecule has 0 aliphatic carbocycles. The van der Waals surface area contributed by atoms with Gasteiger partial charge >= 0.3 is 11.6 Å². The highest BCUT2D eigenvalue weighted by Crippen LogP contribution is 2.25. The number of hydrogen-bond donors (Lipinski definition) is 0. The van der Waals surface area contributed by atoms with Gasteiger partial charge in [0.15, 0.2) is 6.61 Å². The van der Waals surface area contributed by atoms with Gasteiger partial charge in [-0.25, -0.2) is 9.59 Å². The van der Waals surface area contributed by atoms with Crippen LogP contribution in [0.25, 0.3) is 11.0 Å². The highest BCUT2D eigenvalue weighted by molar-refractivity contribution is 6.32. The molecule has 27 heavy (non-hydrogen) atoms. The molecule has 0 saturated heterocycles. The van der Waals surface area contributed by atoms with Gasteiger partial charge in [-0.1, -0.05) is 17.7 Å². The maximum Gasteiger partial charge on any atom is 0.344 e. The van der Waals surface area contributed by atoms with E-state index in [4.69, 9.17) is 25.5 Å². The zero-order valence-electron chi connectivity index (χ0n) is 15.3. The number of aryl methyl sites for hydroxylation is 3. The van der Waals surface area contributed by atoms with Crippen LogP contribution < -0.4 is 10.4 Å². The number of rotatable bonds is 5. The number of halogens is 1. The van der Waals surface area contributed by atoms with E-state index < -0.39 is 11.6 Å². The molecule has 140 valence electrons. The molecule has 6 heteroatoms. The van der Waals surface area contributed by atoms with E-state index >= 15 is 0 Å². The lowest BCUT2D eigenvalue weighted by molar-refractivity contribution is -0.147. The van der Waals surface area contributed by atoms with E-state index in [9.17, 15) is 9.59 Å². The Morgan fingerprint density at radius 1 is 1.07 bits per heavy atom. The summed E-state index contributed by atoms with van der Waals surface area (Å²) in [6.45, 7) is 5.48. The fourth-order valence-corrected chi connectivity index (χ4v) is 2.83. The van der Waals surface area contributed by atoms with Crippen molar-refractivity contribution in [2.24, 2.45) is 0 Å². The molecule has 0 saturated carbocycles. The summed E-state index contributed by atoms with van der Waals surface area (Å²) in [5.74, 6) is -0.136. The van der Waals surface area contributed by atoms with Crippen molar-refractivity contribution in [3.63, 3.8) is 0 Å². The number of carbonyl (C=O) groups is 1. The van der Waals surface area contributed by atoms with Gasteiger partial charge in [-0.05, 0) is 61.7 Å². The molecule has 0 unspecified atom stereocenters. The highest BCUT2D eigenvalue weighted by atomic mass is 35.5. The van der Waals surface area contributed by atoms with Crippen LogP contribution in [0.4, 0.5) is 0 Å². The van der Waals surface area contributed by atoms with Crippen LogP contribution in [0.3, 0.4) is 0 Å². The summed E-state index contributed by atoms with van der Waals surface area (Å²) in [5.41, 5.74) is 3.62. The molecule has 1 aromatic heterocycles. The average molecular weight is 387 g/mol. The second-order valence-electron chi connectivity index (χ2n) is 6.41. The minimum atomic E-state index is -0.558. The van der Waals surface area contributed by atoms with Crippen molar-refractivity contribution in [3.05, 3.63) is 74.1 Å². The van der Waals surface area contributed by atoms with Gasteiger partial charge in [0.05, 0.1) is 5.02 Å².